The van der Waals surface area contributed by atoms with Crippen molar-refractivity contribution in [1.29, 1.82) is 0 Å². The zero-order chi connectivity index (χ0) is 21.7. The van der Waals surface area contributed by atoms with Crippen LogP contribution >= 0.6 is 11.3 Å². The summed E-state index contributed by atoms with van der Waals surface area (Å²) in [6.07, 6.45) is 0. The number of ether oxygens (including phenoxy) is 1. The Morgan fingerprint density at radius 2 is 1.80 bits per heavy atom. The summed E-state index contributed by atoms with van der Waals surface area (Å²) in [7, 11) is -3.90. The third-order valence-electron chi connectivity index (χ3n) is 4.23. The molecule has 30 heavy (non-hydrogen) atoms. The van der Waals surface area contributed by atoms with Gasteiger partial charge in [-0.2, -0.15) is 8.42 Å². The number of rotatable bonds is 8. The SMILES string of the molecule is CCN(c1ccc(C)cc1)S(=O)(=O)c1nnc(NC(=O)COc2ccccc2C)s1. The van der Waals surface area contributed by atoms with E-state index in [0.29, 0.717) is 11.4 Å². The second-order valence-corrected chi connectivity index (χ2v) is 9.49. The quantitative estimate of drug-likeness (QED) is 0.532. The molecule has 1 N–H and O–H groups in total. The third kappa shape index (κ3) is 4.95. The van der Waals surface area contributed by atoms with Gasteiger partial charge in [-0.25, -0.2) is 0 Å². The molecule has 3 rings (SSSR count). The van der Waals surface area contributed by atoms with Gasteiger partial charge in [-0.05, 0) is 44.5 Å². The van der Waals surface area contributed by atoms with Crippen molar-refractivity contribution in [3.05, 3.63) is 59.7 Å². The van der Waals surface area contributed by atoms with E-state index in [9.17, 15) is 13.2 Å². The number of sulfonamides is 1. The van der Waals surface area contributed by atoms with Crippen LogP contribution < -0.4 is 14.4 Å². The number of carbonyl (C=O) groups is 1. The smallest absolute Gasteiger partial charge is 0.293 e. The van der Waals surface area contributed by atoms with Gasteiger partial charge < -0.3 is 4.74 Å². The maximum Gasteiger partial charge on any atom is 0.293 e. The second kappa shape index (κ2) is 9.23. The molecule has 10 heteroatoms. The number of carbonyl (C=O) groups excluding carboxylic acids is 1. The molecule has 0 bridgehead atoms. The van der Waals surface area contributed by atoms with Crippen molar-refractivity contribution in [3.8, 4) is 5.75 Å². The minimum Gasteiger partial charge on any atom is -0.483 e. The van der Waals surface area contributed by atoms with Crippen LogP contribution in [0, 0.1) is 13.8 Å². The van der Waals surface area contributed by atoms with Crippen molar-refractivity contribution < 1.29 is 17.9 Å². The molecular formula is C20H22N4O4S2. The molecule has 0 saturated carbocycles. The Morgan fingerprint density at radius 3 is 2.47 bits per heavy atom. The molecule has 0 aliphatic carbocycles. The van der Waals surface area contributed by atoms with Crippen LogP contribution in [0.4, 0.5) is 10.8 Å². The fraction of sp³-hybridized carbons (Fsp3) is 0.250. The number of para-hydroxylation sites is 1. The Labute approximate surface area is 179 Å². The topological polar surface area (TPSA) is 101 Å². The summed E-state index contributed by atoms with van der Waals surface area (Å²) < 4.78 is 32.5. The molecule has 158 valence electrons. The Morgan fingerprint density at radius 1 is 1.10 bits per heavy atom. The van der Waals surface area contributed by atoms with E-state index in [4.69, 9.17) is 4.74 Å². The van der Waals surface area contributed by atoms with Crippen molar-refractivity contribution in [2.75, 3.05) is 22.8 Å². The van der Waals surface area contributed by atoms with Gasteiger partial charge in [0.1, 0.15) is 5.75 Å². The van der Waals surface area contributed by atoms with Crippen LogP contribution in [-0.4, -0.2) is 37.7 Å². The number of aromatic nitrogens is 2. The van der Waals surface area contributed by atoms with Crippen LogP contribution in [0.2, 0.25) is 0 Å². The fourth-order valence-electron chi connectivity index (χ4n) is 2.68. The Bertz CT molecular complexity index is 1130. The molecule has 0 radical (unpaired) electrons. The number of nitrogens with one attached hydrogen (secondary N) is 1. The van der Waals surface area contributed by atoms with Gasteiger partial charge in [0.15, 0.2) is 6.61 Å². The average Bonchev–Trinajstić information content (AvgIpc) is 3.18. The average molecular weight is 447 g/mol. The summed E-state index contributed by atoms with van der Waals surface area (Å²) in [4.78, 5) is 12.1. The van der Waals surface area contributed by atoms with Gasteiger partial charge in [0.25, 0.3) is 20.3 Å². The van der Waals surface area contributed by atoms with Crippen molar-refractivity contribution >= 4 is 38.1 Å². The summed E-state index contributed by atoms with van der Waals surface area (Å²) in [5.41, 5.74) is 2.47. The van der Waals surface area contributed by atoms with Crippen LogP contribution in [0.3, 0.4) is 0 Å². The lowest BCUT2D eigenvalue weighted by atomic mass is 10.2. The zero-order valence-electron chi connectivity index (χ0n) is 16.8. The molecule has 0 aliphatic heterocycles. The molecule has 0 saturated heterocycles. The lowest BCUT2D eigenvalue weighted by Crippen LogP contribution is -2.30. The number of nitrogens with zero attached hydrogens (tertiary/aromatic N) is 3. The van der Waals surface area contributed by atoms with Crippen molar-refractivity contribution in [2.45, 2.75) is 25.1 Å². The number of benzene rings is 2. The van der Waals surface area contributed by atoms with E-state index in [1.165, 1.54) is 4.31 Å². The molecule has 8 nitrogen and oxygen atoms in total. The van der Waals surface area contributed by atoms with E-state index in [1.54, 1.807) is 25.1 Å². The molecule has 1 amide bonds. The maximum atomic E-state index is 13.0. The number of hydrogen-bond acceptors (Lipinski definition) is 7. The molecule has 0 spiro atoms. The number of aryl methyl sites for hydroxylation is 2. The highest BCUT2D eigenvalue weighted by Gasteiger charge is 2.28. The summed E-state index contributed by atoms with van der Waals surface area (Å²) in [6.45, 7) is 5.55. The van der Waals surface area contributed by atoms with E-state index in [1.807, 2.05) is 44.2 Å². The summed E-state index contributed by atoms with van der Waals surface area (Å²) >= 11 is 0.795. The Kier molecular flexibility index (Phi) is 6.68. The molecule has 3 aromatic rings. The molecule has 2 aromatic carbocycles. The van der Waals surface area contributed by atoms with Gasteiger partial charge in [-0.3, -0.25) is 14.4 Å². The predicted molar refractivity (Wildman–Crippen MR) is 117 cm³/mol. The lowest BCUT2D eigenvalue weighted by molar-refractivity contribution is -0.118. The first-order chi connectivity index (χ1) is 14.3. The van der Waals surface area contributed by atoms with Gasteiger partial charge in [0.2, 0.25) is 5.13 Å². The first-order valence-electron chi connectivity index (χ1n) is 9.22. The Hall–Kier alpha value is -2.98. The van der Waals surface area contributed by atoms with Crippen molar-refractivity contribution in [2.24, 2.45) is 0 Å². The molecular weight excluding hydrogens is 424 g/mol. The monoisotopic (exact) mass is 446 g/mol. The molecule has 0 unspecified atom stereocenters. The first-order valence-corrected chi connectivity index (χ1v) is 11.5. The standard InChI is InChI=1S/C20H22N4O4S2/c1-4-24(16-11-9-14(2)10-12-16)30(26,27)20-23-22-19(29-20)21-18(25)13-28-17-8-6-5-7-15(17)3/h5-12H,4,13H2,1-3H3,(H,21,22,25). The van der Waals surface area contributed by atoms with Gasteiger partial charge in [0, 0.05) is 6.54 Å². The second-order valence-electron chi connectivity index (χ2n) is 6.48. The van der Waals surface area contributed by atoms with Gasteiger partial charge in [0.05, 0.1) is 5.69 Å². The van der Waals surface area contributed by atoms with Crippen molar-refractivity contribution in [3.63, 3.8) is 0 Å². The zero-order valence-corrected chi connectivity index (χ0v) is 18.5. The number of amides is 1. The minimum absolute atomic E-state index is 0.0897. The molecule has 1 aromatic heterocycles. The molecule has 0 fully saturated rings. The first kappa shape index (κ1) is 21.7. The van der Waals surface area contributed by atoms with Crippen LogP contribution in [0.1, 0.15) is 18.1 Å². The van der Waals surface area contributed by atoms with Crippen molar-refractivity contribution in [1.82, 2.24) is 10.2 Å². The van der Waals surface area contributed by atoms with E-state index < -0.39 is 15.9 Å². The maximum absolute atomic E-state index is 13.0. The van der Waals surface area contributed by atoms with Crippen LogP contribution in [0.15, 0.2) is 52.9 Å². The third-order valence-corrected chi connectivity index (χ3v) is 7.31. The highest BCUT2D eigenvalue weighted by atomic mass is 32.2. The number of anilines is 2. The summed E-state index contributed by atoms with van der Waals surface area (Å²) in [6, 6.07) is 14.5. The van der Waals surface area contributed by atoms with E-state index in [0.717, 1.165) is 22.5 Å². The normalized spacial score (nSPS) is 11.2. The number of hydrogen-bond donors (Lipinski definition) is 1. The summed E-state index contributed by atoms with van der Waals surface area (Å²) in [5, 5.41) is 10.2. The largest absolute Gasteiger partial charge is 0.483 e. The van der Waals surface area contributed by atoms with Gasteiger partial charge in [-0.1, -0.05) is 47.2 Å². The molecule has 0 atom stereocenters. The van der Waals surface area contributed by atoms with E-state index >= 15 is 0 Å². The Balaban J connectivity index is 1.69. The highest BCUT2D eigenvalue weighted by molar-refractivity contribution is 7.94. The lowest BCUT2D eigenvalue weighted by Gasteiger charge is -2.21. The van der Waals surface area contributed by atoms with E-state index in [-0.39, 0.29) is 22.6 Å². The molecule has 1 heterocycles. The minimum atomic E-state index is -3.90. The molecule has 0 aliphatic rings. The van der Waals surface area contributed by atoms with E-state index in [2.05, 4.69) is 15.5 Å². The van der Waals surface area contributed by atoms with Gasteiger partial charge >= 0.3 is 0 Å². The highest BCUT2D eigenvalue weighted by Crippen LogP contribution is 2.27. The fourth-order valence-corrected chi connectivity index (χ4v) is 5.17. The van der Waals surface area contributed by atoms with Crippen LogP contribution in [0.25, 0.3) is 0 Å². The van der Waals surface area contributed by atoms with Crippen LogP contribution in [0.5, 0.6) is 5.75 Å². The van der Waals surface area contributed by atoms with Crippen LogP contribution in [-0.2, 0) is 14.8 Å². The summed E-state index contributed by atoms with van der Waals surface area (Å²) in [5.74, 6) is 0.147. The predicted octanol–water partition coefficient (Wildman–Crippen LogP) is 3.39. The van der Waals surface area contributed by atoms with Gasteiger partial charge in [-0.15, -0.1) is 10.2 Å².